The largest absolute Gasteiger partial charge is 0.462 e. The highest BCUT2D eigenvalue weighted by Crippen LogP contribution is 2.39. The van der Waals surface area contributed by atoms with Crippen LogP contribution in [0, 0.1) is 0 Å². The Balaban J connectivity index is 2.06. The first-order valence-electron chi connectivity index (χ1n) is 8.77. The SMILES string of the molecule is CCOC(=O)c1ccc2c(c1)C(c1cccc(N(C)S(C)(=O)=O)c1)=C(C)C2. The van der Waals surface area contributed by atoms with Crippen molar-refractivity contribution < 1.29 is 17.9 Å². The molecule has 2 aromatic carbocycles. The van der Waals surface area contributed by atoms with Crippen molar-refractivity contribution in [1.82, 2.24) is 0 Å². The maximum atomic E-state index is 12.1. The first kappa shape index (κ1) is 19.2. The monoisotopic (exact) mass is 385 g/mol. The Morgan fingerprint density at radius 2 is 1.93 bits per heavy atom. The van der Waals surface area contributed by atoms with E-state index in [1.807, 2.05) is 30.3 Å². The van der Waals surface area contributed by atoms with E-state index in [1.54, 1.807) is 19.1 Å². The number of carbonyl (C=O) groups excluding carboxylic acids is 1. The second-order valence-electron chi connectivity index (χ2n) is 6.71. The molecule has 0 N–H and O–H groups in total. The van der Waals surface area contributed by atoms with E-state index in [2.05, 4.69) is 6.92 Å². The molecule has 2 aromatic rings. The van der Waals surface area contributed by atoms with Gasteiger partial charge in [0, 0.05) is 7.05 Å². The normalized spacial score (nSPS) is 13.5. The highest BCUT2D eigenvalue weighted by molar-refractivity contribution is 7.92. The number of fused-ring (bicyclic) bond motifs is 1. The summed E-state index contributed by atoms with van der Waals surface area (Å²) in [5.74, 6) is -0.338. The van der Waals surface area contributed by atoms with E-state index in [0.29, 0.717) is 17.9 Å². The van der Waals surface area contributed by atoms with Gasteiger partial charge in [0.05, 0.1) is 24.1 Å². The standard InChI is InChI=1S/C21H23NO4S/c1-5-26-21(23)17-10-9-15-11-14(2)20(19(15)13-17)16-7-6-8-18(12-16)22(3)27(4,24)25/h6-10,12-13H,5,11H2,1-4H3. The van der Waals surface area contributed by atoms with Gasteiger partial charge >= 0.3 is 5.97 Å². The number of benzene rings is 2. The summed E-state index contributed by atoms with van der Waals surface area (Å²) in [6, 6.07) is 13.1. The van der Waals surface area contributed by atoms with Crippen molar-refractivity contribution in [2.75, 3.05) is 24.2 Å². The molecule has 0 amide bonds. The summed E-state index contributed by atoms with van der Waals surface area (Å²) in [7, 11) is -1.80. The summed E-state index contributed by atoms with van der Waals surface area (Å²) in [5.41, 5.74) is 6.43. The molecule has 3 rings (SSSR count). The van der Waals surface area contributed by atoms with Crippen LogP contribution >= 0.6 is 0 Å². The molecule has 6 heteroatoms. The van der Waals surface area contributed by atoms with E-state index in [-0.39, 0.29) is 5.97 Å². The fourth-order valence-electron chi connectivity index (χ4n) is 3.36. The molecule has 0 unspecified atom stereocenters. The van der Waals surface area contributed by atoms with Crippen LogP contribution in [0.4, 0.5) is 5.69 Å². The number of sulfonamides is 1. The Morgan fingerprint density at radius 1 is 1.19 bits per heavy atom. The second kappa shape index (κ2) is 7.19. The van der Waals surface area contributed by atoms with Gasteiger partial charge in [-0.25, -0.2) is 13.2 Å². The molecule has 0 saturated carbocycles. The van der Waals surface area contributed by atoms with Gasteiger partial charge in [-0.05, 0) is 66.8 Å². The van der Waals surface area contributed by atoms with Gasteiger partial charge < -0.3 is 4.74 Å². The topological polar surface area (TPSA) is 63.7 Å². The third-order valence-electron chi connectivity index (χ3n) is 4.77. The van der Waals surface area contributed by atoms with E-state index in [4.69, 9.17) is 4.74 Å². The minimum atomic E-state index is -3.34. The summed E-state index contributed by atoms with van der Waals surface area (Å²) < 4.78 is 30.1. The molecular weight excluding hydrogens is 362 g/mol. The fraction of sp³-hybridized carbons (Fsp3) is 0.286. The van der Waals surface area contributed by atoms with Crippen molar-refractivity contribution >= 4 is 27.3 Å². The highest BCUT2D eigenvalue weighted by Gasteiger charge is 2.23. The fourth-order valence-corrected chi connectivity index (χ4v) is 3.86. The lowest BCUT2D eigenvalue weighted by molar-refractivity contribution is 0.0526. The van der Waals surface area contributed by atoms with Crippen LogP contribution in [0.15, 0.2) is 48.0 Å². The minimum Gasteiger partial charge on any atom is -0.462 e. The zero-order valence-electron chi connectivity index (χ0n) is 15.9. The molecule has 0 atom stereocenters. The Kier molecular flexibility index (Phi) is 5.11. The number of hydrogen-bond donors (Lipinski definition) is 0. The third-order valence-corrected chi connectivity index (χ3v) is 5.97. The lowest BCUT2D eigenvalue weighted by Gasteiger charge is -2.18. The van der Waals surface area contributed by atoms with Gasteiger partial charge in [-0.3, -0.25) is 4.31 Å². The van der Waals surface area contributed by atoms with Crippen molar-refractivity contribution in [1.29, 1.82) is 0 Å². The number of ether oxygens (including phenoxy) is 1. The Morgan fingerprint density at radius 3 is 2.59 bits per heavy atom. The lowest BCUT2D eigenvalue weighted by Crippen LogP contribution is -2.24. The van der Waals surface area contributed by atoms with Crippen LogP contribution < -0.4 is 4.31 Å². The van der Waals surface area contributed by atoms with Crippen LogP contribution in [-0.4, -0.2) is 34.3 Å². The number of carbonyl (C=O) groups is 1. The van der Waals surface area contributed by atoms with Crippen LogP contribution in [0.3, 0.4) is 0 Å². The molecule has 0 bridgehead atoms. The lowest BCUT2D eigenvalue weighted by atomic mass is 9.96. The van der Waals surface area contributed by atoms with Crippen LogP contribution in [0.5, 0.6) is 0 Å². The molecule has 27 heavy (non-hydrogen) atoms. The maximum Gasteiger partial charge on any atom is 0.338 e. The Hall–Kier alpha value is -2.60. The summed E-state index contributed by atoms with van der Waals surface area (Å²) >= 11 is 0. The van der Waals surface area contributed by atoms with E-state index >= 15 is 0 Å². The van der Waals surface area contributed by atoms with Gasteiger partial charge in [-0.1, -0.05) is 23.8 Å². The molecule has 142 valence electrons. The van der Waals surface area contributed by atoms with Crippen molar-refractivity contribution in [3.8, 4) is 0 Å². The summed E-state index contributed by atoms with van der Waals surface area (Å²) in [5, 5.41) is 0. The first-order chi connectivity index (χ1) is 12.7. The predicted octanol–water partition coefficient (Wildman–Crippen LogP) is 3.64. The van der Waals surface area contributed by atoms with Gasteiger partial charge in [-0.15, -0.1) is 0 Å². The van der Waals surface area contributed by atoms with E-state index < -0.39 is 10.0 Å². The van der Waals surface area contributed by atoms with Gasteiger partial charge in [0.2, 0.25) is 10.0 Å². The predicted molar refractivity (Wildman–Crippen MR) is 107 cm³/mol. The number of rotatable bonds is 5. The molecule has 1 aliphatic carbocycles. The van der Waals surface area contributed by atoms with Crippen LogP contribution in [0.2, 0.25) is 0 Å². The highest BCUT2D eigenvalue weighted by atomic mass is 32.2. The molecule has 0 spiro atoms. The smallest absolute Gasteiger partial charge is 0.338 e. The maximum absolute atomic E-state index is 12.1. The molecule has 0 aromatic heterocycles. The van der Waals surface area contributed by atoms with Crippen LogP contribution in [0.25, 0.3) is 5.57 Å². The minimum absolute atomic E-state index is 0.331. The average Bonchev–Trinajstić information content (AvgIpc) is 2.95. The van der Waals surface area contributed by atoms with Crippen molar-refractivity contribution in [3.63, 3.8) is 0 Å². The summed E-state index contributed by atoms with van der Waals surface area (Å²) in [6.07, 6.45) is 1.99. The molecule has 0 aliphatic heterocycles. The number of anilines is 1. The van der Waals surface area contributed by atoms with Gasteiger partial charge in [0.25, 0.3) is 0 Å². The zero-order valence-corrected chi connectivity index (χ0v) is 16.8. The van der Waals surface area contributed by atoms with Gasteiger partial charge in [0.1, 0.15) is 0 Å². The second-order valence-corrected chi connectivity index (χ2v) is 8.72. The van der Waals surface area contributed by atoms with Gasteiger partial charge in [-0.2, -0.15) is 0 Å². The van der Waals surface area contributed by atoms with Crippen molar-refractivity contribution in [2.24, 2.45) is 0 Å². The molecule has 0 saturated heterocycles. The molecule has 1 aliphatic rings. The van der Waals surface area contributed by atoms with E-state index in [1.165, 1.54) is 23.2 Å². The quantitative estimate of drug-likeness (QED) is 0.737. The van der Waals surface area contributed by atoms with Crippen molar-refractivity contribution in [2.45, 2.75) is 20.3 Å². The van der Waals surface area contributed by atoms with Crippen LogP contribution in [0.1, 0.15) is 40.9 Å². The zero-order chi connectivity index (χ0) is 19.8. The third kappa shape index (κ3) is 3.76. The number of nitrogens with zero attached hydrogens (tertiary/aromatic N) is 1. The van der Waals surface area contributed by atoms with Crippen molar-refractivity contribution in [3.05, 3.63) is 70.3 Å². The molecule has 5 nitrogen and oxygen atoms in total. The number of hydrogen-bond acceptors (Lipinski definition) is 4. The Bertz CT molecular complexity index is 1040. The molecule has 0 radical (unpaired) electrons. The van der Waals surface area contributed by atoms with E-state index in [9.17, 15) is 13.2 Å². The Labute approximate surface area is 160 Å². The summed E-state index contributed by atoms with van der Waals surface area (Å²) in [4.78, 5) is 12.1. The molecule has 0 heterocycles. The first-order valence-corrected chi connectivity index (χ1v) is 10.6. The summed E-state index contributed by atoms with van der Waals surface area (Å²) in [6.45, 7) is 4.17. The molecular formula is C21H23NO4S. The van der Waals surface area contributed by atoms with E-state index in [0.717, 1.165) is 28.7 Å². The van der Waals surface area contributed by atoms with Crippen LogP contribution in [-0.2, 0) is 21.2 Å². The number of esters is 1. The number of allylic oxidation sites excluding steroid dienone is 1. The average molecular weight is 385 g/mol. The van der Waals surface area contributed by atoms with Gasteiger partial charge in [0.15, 0.2) is 0 Å². The molecule has 0 fully saturated rings.